The van der Waals surface area contributed by atoms with Crippen molar-refractivity contribution in [3.8, 4) is 5.75 Å². The van der Waals surface area contributed by atoms with Crippen molar-refractivity contribution in [2.75, 3.05) is 20.2 Å². The zero-order chi connectivity index (χ0) is 18.0. The molecule has 136 valence electrons. The highest BCUT2D eigenvalue weighted by Gasteiger charge is 2.46. The van der Waals surface area contributed by atoms with Gasteiger partial charge in [-0.1, -0.05) is 25.0 Å². The Labute approximate surface area is 149 Å². The number of piperidine rings is 1. The summed E-state index contributed by atoms with van der Waals surface area (Å²) in [5, 5.41) is 9.33. The van der Waals surface area contributed by atoms with Crippen LogP contribution in [0.3, 0.4) is 0 Å². The highest BCUT2D eigenvalue weighted by Crippen LogP contribution is 2.44. The number of hydrogen-bond acceptors (Lipinski definition) is 3. The van der Waals surface area contributed by atoms with Gasteiger partial charge in [0.25, 0.3) is 0 Å². The maximum Gasteiger partial charge on any atom is 0.308 e. The summed E-state index contributed by atoms with van der Waals surface area (Å²) in [6.07, 6.45) is 5.12. The Kier molecular flexibility index (Phi) is 5.02. The minimum atomic E-state index is -0.796. The Hall–Kier alpha value is -2.04. The summed E-state index contributed by atoms with van der Waals surface area (Å²) in [5.74, 6) is -0.334. The first kappa shape index (κ1) is 17.8. The summed E-state index contributed by atoms with van der Waals surface area (Å²) < 4.78 is 5.46. The van der Waals surface area contributed by atoms with Gasteiger partial charge in [0, 0.05) is 13.1 Å². The molecule has 1 amide bonds. The average molecular weight is 345 g/mol. The summed E-state index contributed by atoms with van der Waals surface area (Å²) in [6, 6.07) is 6.05. The predicted octanol–water partition coefficient (Wildman–Crippen LogP) is 3.14. The van der Waals surface area contributed by atoms with E-state index in [0.717, 1.165) is 49.0 Å². The Morgan fingerprint density at radius 2 is 1.96 bits per heavy atom. The smallest absolute Gasteiger partial charge is 0.308 e. The van der Waals surface area contributed by atoms with Crippen LogP contribution in [0, 0.1) is 12.8 Å². The van der Waals surface area contributed by atoms with Gasteiger partial charge in [-0.05, 0) is 49.8 Å². The van der Waals surface area contributed by atoms with Gasteiger partial charge in [0.15, 0.2) is 0 Å². The van der Waals surface area contributed by atoms with Crippen molar-refractivity contribution in [3.05, 3.63) is 29.3 Å². The van der Waals surface area contributed by atoms with Crippen LogP contribution in [-0.2, 0) is 15.0 Å². The van der Waals surface area contributed by atoms with Gasteiger partial charge in [-0.3, -0.25) is 9.59 Å². The van der Waals surface area contributed by atoms with Crippen LogP contribution in [-0.4, -0.2) is 42.1 Å². The summed E-state index contributed by atoms with van der Waals surface area (Å²) in [7, 11) is 1.65. The third-order valence-electron chi connectivity index (χ3n) is 5.88. The van der Waals surface area contributed by atoms with Crippen molar-refractivity contribution in [2.24, 2.45) is 5.92 Å². The molecule has 25 heavy (non-hydrogen) atoms. The Morgan fingerprint density at radius 1 is 1.24 bits per heavy atom. The van der Waals surface area contributed by atoms with E-state index in [-0.39, 0.29) is 5.91 Å². The van der Waals surface area contributed by atoms with E-state index < -0.39 is 17.3 Å². The Morgan fingerprint density at radius 3 is 2.60 bits per heavy atom. The van der Waals surface area contributed by atoms with E-state index in [0.29, 0.717) is 19.5 Å². The van der Waals surface area contributed by atoms with Crippen LogP contribution in [0.15, 0.2) is 18.2 Å². The molecule has 0 spiro atoms. The molecule has 1 aliphatic carbocycles. The highest BCUT2D eigenvalue weighted by atomic mass is 16.5. The van der Waals surface area contributed by atoms with Gasteiger partial charge in [-0.25, -0.2) is 0 Å². The van der Waals surface area contributed by atoms with E-state index in [4.69, 9.17) is 4.74 Å². The number of carbonyl (C=O) groups excluding carboxylic acids is 1. The third-order valence-corrected chi connectivity index (χ3v) is 5.88. The molecule has 1 saturated heterocycles. The third kappa shape index (κ3) is 3.24. The number of hydrogen-bond donors (Lipinski definition) is 1. The molecule has 1 atom stereocenters. The van der Waals surface area contributed by atoms with Crippen LogP contribution in [0.5, 0.6) is 5.75 Å². The molecule has 1 aromatic carbocycles. The number of amides is 1. The number of nitrogens with zero attached hydrogens (tertiary/aromatic N) is 1. The molecule has 1 N–H and O–H groups in total. The van der Waals surface area contributed by atoms with Crippen molar-refractivity contribution < 1.29 is 19.4 Å². The van der Waals surface area contributed by atoms with E-state index in [1.54, 1.807) is 12.0 Å². The van der Waals surface area contributed by atoms with Gasteiger partial charge >= 0.3 is 5.97 Å². The van der Waals surface area contributed by atoms with E-state index in [2.05, 4.69) is 0 Å². The molecule has 2 aliphatic rings. The molecule has 5 nitrogen and oxygen atoms in total. The summed E-state index contributed by atoms with van der Waals surface area (Å²) in [6.45, 7) is 2.99. The number of ether oxygens (including phenoxy) is 1. The standard InChI is InChI=1S/C20H27NO4/c1-14-7-8-16(12-17(14)25-2)20(9-3-4-10-20)19(24)21-11-5-6-15(13-21)18(22)23/h7-8,12,15H,3-6,9-11,13H2,1-2H3,(H,22,23)/t15-/m1/s1. The summed E-state index contributed by atoms with van der Waals surface area (Å²) in [4.78, 5) is 26.6. The lowest BCUT2D eigenvalue weighted by molar-refractivity contribution is -0.147. The normalized spacial score (nSPS) is 22.6. The minimum absolute atomic E-state index is 0.0989. The lowest BCUT2D eigenvalue weighted by Crippen LogP contribution is -2.50. The monoisotopic (exact) mass is 345 g/mol. The second-order valence-electron chi connectivity index (χ2n) is 7.40. The molecule has 0 radical (unpaired) electrons. The molecule has 1 aliphatic heterocycles. The molecular weight excluding hydrogens is 318 g/mol. The van der Waals surface area contributed by atoms with Crippen LogP contribution in [0.2, 0.25) is 0 Å². The number of benzene rings is 1. The SMILES string of the molecule is COc1cc(C2(C(=O)N3CCC[C@@H](C(=O)O)C3)CCCC2)ccc1C. The maximum atomic E-state index is 13.5. The number of aryl methyl sites for hydroxylation is 1. The predicted molar refractivity (Wildman–Crippen MR) is 94.8 cm³/mol. The van der Waals surface area contributed by atoms with Crippen LogP contribution >= 0.6 is 0 Å². The van der Waals surface area contributed by atoms with Gasteiger partial charge in [0.05, 0.1) is 18.4 Å². The van der Waals surface area contributed by atoms with Gasteiger partial charge in [-0.2, -0.15) is 0 Å². The first-order valence-electron chi connectivity index (χ1n) is 9.15. The Bertz CT molecular complexity index is 664. The zero-order valence-electron chi connectivity index (χ0n) is 15.1. The fraction of sp³-hybridized carbons (Fsp3) is 0.600. The minimum Gasteiger partial charge on any atom is -0.496 e. The first-order chi connectivity index (χ1) is 12.0. The topological polar surface area (TPSA) is 66.8 Å². The molecule has 5 heteroatoms. The van der Waals surface area contributed by atoms with Crippen molar-refractivity contribution in [3.63, 3.8) is 0 Å². The lowest BCUT2D eigenvalue weighted by atomic mass is 9.76. The molecule has 1 aromatic rings. The van der Waals surface area contributed by atoms with E-state index in [1.165, 1.54) is 0 Å². The van der Waals surface area contributed by atoms with Crippen molar-refractivity contribution in [1.29, 1.82) is 0 Å². The summed E-state index contributed by atoms with van der Waals surface area (Å²) >= 11 is 0. The fourth-order valence-corrected chi connectivity index (χ4v) is 4.39. The number of likely N-dealkylation sites (tertiary alicyclic amines) is 1. The van der Waals surface area contributed by atoms with Crippen molar-refractivity contribution >= 4 is 11.9 Å². The van der Waals surface area contributed by atoms with Crippen LogP contribution in [0.1, 0.15) is 49.7 Å². The molecule has 0 unspecified atom stereocenters. The molecule has 0 bridgehead atoms. The molecule has 1 saturated carbocycles. The number of aliphatic carboxylic acids is 1. The van der Waals surface area contributed by atoms with Crippen LogP contribution in [0.25, 0.3) is 0 Å². The van der Waals surface area contributed by atoms with Gasteiger partial charge in [0.2, 0.25) is 5.91 Å². The zero-order valence-corrected chi connectivity index (χ0v) is 15.1. The van der Waals surface area contributed by atoms with Gasteiger partial charge < -0.3 is 14.7 Å². The maximum absolute atomic E-state index is 13.5. The molecule has 3 rings (SSSR count). The number of carbonyl (C=O) groups is 2. The van der Waals surface area contributed by atoms with Crippen LogP contribution < -0.4 is 4.74 Å². The molecule has 0 aromatic heterocycles. The largest absolute Gasteiger partial charge is 0.496 e. The second-order valence-corrected chi connectivity index (χ2v) is 7.40. The van der Waals surface area contributed by atoms with Crippen LogP contribution in [0.4, 0.5) is 0 Å². The number of methoxy groups -OCH3 is 1. The molecule has 1 heterocycles. The number of carboxylic acids is 1. The fourth-order valence-electron chi connectivity index (χ4n) is 4.39. The number of carboxylic acid groups (broad SMARTS) is 1. The molecule has 2 fully saturated rings. The highest BCUT2D eigenvalue weighted by molar-refractivity contribution is 5.89. The summed E-state index contributed by atoms with van der Waals surface area (Å²) in [5.41, 5.74) is 1.53. The lowest BCUT2D eigenvalue weighted by Gasteiger charge is -2.38. The van der Waals surface area contributed by atoms with Crippen molar-refractivity contribution in [2.45, 2.75) is 50.9 Å². The van der Waals surface area contributed by atoms with Crippen molar-refractivity contribution in [1.82, 2.24) is 4.90 Å². The van der Waals surface area contributed by atoms with Gasteiger partial charge in [0.1, 0.15) is 5.75 Å². The van der Waals surface area contributed by atoms with E-state index >= 15 is 0 Å². The number of rotatable bonds is 4. The molecular formula is C20H27NO4. The second kappa shape index (κ2) is 7.06. The average Bonchev–Trinajstić information content (AvgIpc) is 3.12. The van der Waals surface area contributed by atoms with Gasteiger partial charge in [-0.15, -0.1) is 0 Å². The Balaban J connectivity index is 1.92. The quantitative estimate of drug-likeness (QED) is 0.910. The first-order valence-corrected chi connectivity index (χ1v) is 9.15. The van der Waals surface area contributed by atoms with E-state index in [9.17, 15) is 14.7 Å². The van der Waals surface area contributed by atoms with E-state index in [1.807, 2.05) is 25.1 Å².